The van der Waals surface area contributed by atoms with Gasteiger partial charge in [-0.3, -0.25) is 0 Å². The van der Waals surface area contributed by atoms with Crippen LogP contribution in [0.5, 0.6) is 5.75 Å². The molecule has 0 aliphatic carbocycles. The first-order valence-electron chi connectivity index (χ1n) is 6.91. The number of thioether (sulfide) groups is 1. The molecule has 0 amide bonds. The third kappa shape index (κ3) is 3.31. The fourth-order valence-corrected chi connectivity index (χ4v) is 3.23. The minimum atomic E-state index is 0.834. The number of rotatable bonds is 6. The molecule has 7 heteroatoms. The van der Waals surface area contributed by atoms with Gasteiger partial charge in [0.05, 0.1) is 12.9 Å². The van der Waals surface area contributed by atoms with Crippen LogP contribution in [0.2, 0.25) is 0 Å². The zero-order valence-corrected chi connectivity index (χ0v) is 14.0. The molecule has 0 spiro atoms. The molecule has 0 atom stereocenters. The van der Waals surface area contributed by atoms with Crippen LogP contribution >= 0.6 is 23.1 Å². The van der Waals surface area contributed by atoms with Crippen LogP contribution in [0.15, 0.2) is 24.3 Å². The van der Waals surface area contributed by atoms with Crippen molar-refractivity contribution in [3.63, 3.8) is 0 Å². The maximum atomic E-state index is 5.15. The molecule has 5 nitrogen and oxygen atoms in total. The Kier molecular flexibility index (Phi) is 4.74. The first kappa shape index (κ1) is 15.1. The molecule has 0 unspecified atom stereocenters. The van der Waals surface area contributed by atoms with Gasteiger partial charge in [0.15, 0.2) is 5.82 Å². The summed E-state index contributed by atoms with van der Waals surface area (Å²) in [4.78, 5) is 0.834. The summed E-state index contributed by atoms with van der Waals surface area (Å²) in [5.41, 5.74) is 1.11. The summed E-state index contributed by atoms with van der Waals surface area (Å²) < 4.78 is 6.99. The number of fused-ring (bicyclic) bond motifs is 1. The molecule has 2 heterocycles. The average molecular weight is 332 g/mol. The Balaban J connectivity index is 1.78. The lowest BCUT2D eigenvalue weighted by Gasteiger charge is -1.98. The molecule has 3 rings (SSSR count). The third-order valence-electron chi connectivity index (χ3n) is 3.04. The molecule has 0 radical (unpaired) electrons. The van der Waals surface area contributed by atoms with Crippen LogP contribution in [-0.4, -0.2) is 32.7 Å². The molecular formula is C15H16N4OS2. The van der Waals surface area contributed by atoms with E-state index in [1.54, 1.807) is 7.11 Å². The number of ether oxygens (including phenoxy) is 1. The molecule has 0 aliphatic rings. The second-order valence-corrected chi connectivity index (χ2v) is 6.76. The van der Waals surface area contributed by atoms with Crippen molar-refractivity contribution in [2.75, 3.05) is 12.9 Å². The SMILES string of the molecule is CCSCc1nnc2sc(/C=C/c3ccc(OC)cc3)nn12. The van der Waals surface area contributed by atoms with Crippen molar-refractivity contribution in [2.24, 2.45) is 0 Å². The fraction of sp³-hybridized carbons (Fsp3) is 0.267. The summed E-state index contributed by atoms with van der Waals surface area (Å²) in [6.45, 7) is 2.13. The van der Waals surface area contributed by atoms with Gasteiger partial charge in [-0.15, -0.1) is 10.2 Å². The number of aromatic nitrogens is 4. The summed E-state index contributed by atoms with van der Waals surface area (Å²) in [6, 6.07) is 7.91. The molecule has 2 aromatic heterocycles. The van der Waals surface area contributed by atoms with Crippen LogP contribution in [-0.2, 0) is 5.75 Å². The minimum Gasteiger partial charge on any atom is -0.497 e. The molecule has 0 N–H and O–H groups in total. The quantitative estimate of drug-likeness (QED) is 0.690. The Bertz CT molecular complexity index is 777. The van der Waals surface area contributed by atoms with Crippen molar-refractivity contribution in [1.82, 2.24) is 19.8 Å². The summed E-state index contributed by atoms with van der Waals surface area (Å²) in [5, 5.41) is 13.8. The van der Waals surface area contributed by atoms with Gasteiger partial charge in [-0.05, 0) is 29.5 Å². The van der Waals surface area contributed by atoms with Gasteiger partial charge in [0.2, 0.25) is 4.96 Å². The van der Waals surface area contributed by atoms with Crippen molar-refractivity contribution in [2.45, 2.75) is 12.7 Å². The van der Waals surface area contributed by atoms with E-state index in [0.29, 0.717) is 0 Å². The molecule has 3 aromatic rings. The lowest BCUT2D eigenvalue weighted by Crippen LogP contribution is -1.94. The van der Waals surface area contributed by atoms with Gasteiger partial charge in [0.25, 0.3) is 0 Å². The van der Waals surface area contributed by atoms with Crippen LogP contribution in [0.3, 0.4) is 0 Å². The molecule has 0 saturated heterocycles. The molecular weight excluding hydrogens is 316 g/mol. The minimum absolute atomic E-state index is 0.834. The second-order valence-electron chi connectivity index (χ2n) is 4.49. The molecule has 0 saturated carbocycles. The molecule has 22 heavy (non-hydrogen) atoms. The van der Waals surface area contributed by atoms with Crippen molar-refractivity contribution in [1.29, 1.82) is 0 Å². The maximum Gasteiger partial charge on any atom is 0.234 e. The zero-order valence-electron chi connectivity index (χ0n) is 12.4. The first-order valence-corrected chi connectivity index (χ1v) is 8.88. The fourth-order valence-electron chi connectivity index (χ4n) is 1.91. The predicted molar refractivity (Wildman–Crippen MR) is 92.4 cm³/mol. The second kappa shape index (κ2) is 6.93. The monoisotopic (exact) mass is 332 g/mol. The number of benzene rings is 1. The smallest absolute Gasteiger partial charge is 0.234 e. The number of nitrogens with zero attached hydrogens (tertiary/aromatic N) is 4. The van der Waals surface area contributed by atoms with Gasteiger partial charge >= 0.3 is 0 Å². The Morgan fingerprint density at radius 3 is 2.77 bits per heavy atom. The highest BCUT2D eigenvalue weighted by Crippen LogP contribution is 2.19. The third-order valence-corrected chi connectivity index (χ3v) is 4.78. The highest BCUT2D eigenvalue weighted by molar-refractivity contribution is 7.98. The van der Waals surface area contributed by atoms with Crippen molar-refractivity contribution >= 4 is 40.2 Å². The van der Waals surface area contributed by atoms with E-state index in [0.717, 1.165) is 38.6 Å². The Morgan fingerprint density at radius 2 is 2.05 bits per heavy atom. The topological polar surface area (TPSA) is 52.3 Å². The van der Waals surface area contributed by atoms with Crippen LogP contribution < -0.4 is 4.74 Å². The molecule has 114 valence electrons. The van der Waals surface area contributed by atoms with Gasteiger partial charge in [0, 0.05) is 0 Å². The summed E-state index contributed by atoms with van der Waals surface area (Å²) in [6.07, 6.45) is 4.03. The number of methoxy groups -OCH3 is 1. The first-order chi connectivity index (χ1) is 10.8. The lowest BCUT2D eigenvalue weighted by atomic mass is 10.2. The van der Waals surface area contributed by atoms with E-state index >= 15 is 0 Å². The highest BCUT2D eigenvalue weighted by atomic mass is 32.2. The Morgan fingerprint density at radius 1 is 1.23 bits per heavy atom. The number of hydrogen-bond acceptors (Lipinski definition) is 6. The molecule has 0 fully saturated rings. The van der Waals surface area contributed by atoms with E-state index in [1.165, 1.54) is 11.3 Å². The van der Waals surface area contributed by atoms with Gasteiger partial charge in [0.1, 0.15) is 10.8 Å². The molecule has 1 aromatic carbocycles. The van der Waals surface area contributed by atoms with Crippen LogP contribution in [0.4, 0.5) is 0 Å². The van der Waals surface area contributed by atoms with Crippen LogP contribution in [0.25, 0.3) is 17.1 Å². The van der Waals surface area contributed by atoms with E-state index < -0.39 is 0 Å². The van der Waals surface area contributed by atoms with Gasteiger partial charge in [-0.25, -0.2) is 0 Å². The van der Waals surface area contributed by atoms with Gasteiger partial charge < -0.3 is 4.74 Å². The van der Waals surface area contributed by atoms with Gasteiger partial charge in [-0.2, -0.15) is 21.4 Å². The van der Waals surface area contributed by atoms with Crippen LogP contribution in [0, 0.1) is 0 Å². The predicted octanol–water partition coefficient (Wildman–Crippen LogP) is 3.62. The number of hydrogen-bond donors (Lipinski definition) is 0. The van der Waals surface area contributed by atoms with Crippen molar-refractivity contribution in [3.05, 3.63) is 40.7 Å². The Labute approximate surface area is 137 Å². The van der Waals surface area contributed by atoms with E-state index in [1.807, 2.05) is 52.7 Å². The summed E-state index contributed by atoms with van der Waals surface area (Å²) in [7, 11) is 1.67. The van der Waals surface area contributed by atoms with E-state index in [-0.39, 0.29) is 0 Å². The van der Waals surface area contributed by atoms with Crippen LogP contribution in [0.1, 0.15) is 23.3 Å². The van der Waals surface area contributed by atoms with Crippen molar-refractivity contribution < 1.29 is 4.74 Å². The Hall–Kier alpha value is -1.86. The maximum absolute atomic E-state index is 5.15. The highest BCUT2D eigenvalue weighted by Gasteiger charge is 2.09. The van der Waals surface area contributed by atoms with E-state index in [4.69, 9.17) is 4.74 Å². The molecule has 0 aliphatic heterocycles. The summed E-state index contributed by atoms with van der Waals surface area (Å²) >= 11 is 3.35. The normalized spacial score (nSPS) is 11.5. The molecule has 0 bridgehead atoms. The van der Waals surface area contributed by atoms with Gasteiger partial charge in [-0.1, -0.05) is 36.5 Å². The average Bonchev–Trinajstić information content (AvgIpc) is 3.12. The largest absolute Gasteiger partial charge is 0.497 e. The zero-order chi connectivity index (χ0) is 15.4. The van der Waals surface area contributed by atoms with E-state index in [2.05, 4.69) is 22.2 Å². The summed E-state index contributed by atoms with van der Waals surface area (Å²) in [5.74, 6) is 3.66. The van der Waals surface area contributed by atoms with E-state index in [9.17, 15) is 0 Å². The standard InChI is InChI=1S/C15H16N4OS2/c1-3-21-10-13-16-17-15-19(13)18-14(22-15)9-6-11-4-7-12(20-2)8-5-11/h4-9H,3,10H2,1-2H3/b9-6+. The lowest BCUT2D eigenvalue weighted by molar-refractivity contribution is 0.415. The van der Waals surface area contributed by atoms with Crippen molar-refractivity contribution in [3.8, 4) is 5.75 Å².